The molecule has 7 heteroatoms. The largest absolute Gasteiger partial charge is 0.501 e. The van der Waals surface area contributed by atoms with Crippen LogP contribution in [-0.2, 0) is 21.6 Å². The second kappa shape index (κ2) is 5.85. The minimum absolute atomic E-state index is 0.140. The van der Waals surface area contributed by atoms with E-state index >= 15 is 0 Å². The number of aromatic hydroxyl groups is 1. The van der Waals surface area contributed by atoms with Gasteiger partial charge in [-0.15, -0.1) is 0 Å². The van der Waals surface area contributed by atoms with E-state index in [0.29, 0.717) is 31.8 Å². The molecule has 1 aliphatic rings. The number of ether oxygens (including phenoxy) is 2. The van der Waals surface area contributed by atoms with E-state index in [1.807, 2.05) is 13.8 Å². The molecule has 0 saturated carbocycles. The average molecular weight is 296 g/mol. The first kappa shape index (κ1) is 15.5. The fourth-order valence-corrected chi connectivity index (χ4v) is 2.61. The van der Waals surface area contributed by atoms with Crippen LogP contribution in [0.5, 0.6) is 5.75 Å². The van der Waals surface area contributed by atoms with Crippen molar-refractivity contribution in [3.63, 3.8) is 0 Å². The molecule has 0 saturated heterocycles. The van der Waals surface area contributed by atoms with Crippen LogP contribution in [-0.4, -0.2) is 33.8 Å². The Kier molecular flexibility index (Phi) is 4.32. The molecule has 0 spiro atoms. The van der Waals surface area contributed by atoms with Crippen molar-refractivity contribution in [3.05, 3.63) is 21.9 Å². The van der Waals surface area contributed by atoms with Gasteiger partial charge in [0.2, 0.25) is 5.75 Å². The van der Waals surface area contributed by atoms with Crippen LogP contribution in [0.1, 0.15) is 49.9 Å². The van der Waals surface area contributed by atoms with Gasteiger partial charge in [0.25, 0.3) is 5.56 Å². The van der Waals surface area contributed by atoms with Crippen molar-refractivity contribution in [3.8, 4) is 5.75 Å². The molecular formula is C14H20N2O5. The van der Waals surface area contributed by atoms with Gasteiger partial charge in [0.05, 0.1) is 19.8 Å². The van der Waals surface area contributed by atoms with E-state index in [4.69, 9.17) is 9.47 Å². The molecule has 0 bridgehead atoms. The molecule has 7 nitrogen and oxygen atoms in total. The smallest absolute Gasteiger partial charge is 0.361 e. The van der Waals surface area contributed by atoms with Crippen molar-refractivity contribution in [1.29, 1.82) is 0 Å². The van der Waals surface area contributed by atoms with Gasteiger partial charge in [0.15, 0.2) is 5.69 Å². The summed E-state index contributed by atoms with van der Waals surface area (Å²) in [4.78, 5) is 28.3. The Bertz CT molecular complexity index is 604. The van der Waals surface area contributed by atoms with Crippen molar-refractivity contribution in [2.75, 3.05) is 13.2 Å². The molecule has 0 atom stereocenters. The maximum absolute atomic E-state index is 12.3. The van der Waals surface area contributed by atoms with E-state index in [9.17, 15) is 14.7 Å². The van der Waals surface area contributed by atoms with E-state index in [1.165, 1.54) is 4.57 Å². The van der Waals surface area contributed by atoms with Crippen LogP contribution in [0.25, 0.3) is 0 Å². The minimum atomic E-state index is -0.804. The van der Waals surface area contributed by atoms with Crippen LogP contribution in [0.15, 0.2) is 4.79 Å². The Morgan fingerprint density at radius 3 is 2.67 bits per heavy atom. The fraction of sp³-hybridized carbons (Fsp3) is 0.643. The zero-order chi connectivity index (χ0) is 15.6. The lowest BCUT2D eigenvalue weighted by molar-refractivity contribution is -0.0891. The summed E-state index contributed by atoms with van der Waals surface area (Å²) in [5, 5.41) is 9.93. The molecule has 0 amide bonds. The van der Waals surface area contributed by atoms with E-state index in [1.54, 1.807) is 6.92 Å². The third kappa shape index (κ3) is 2.42. The maximum Gasteiger partial charge on any atom is 0.361 e. The zero-order valence-electron chi connectivity index (χ0n) is 12.5. The molecule has 116 valence electrons. The van der Waals surface area contributed by atoms with E-state index in [-0.39, 0.29) is 12.3 Å². The third-order valence-electron chi connectivity index (χ3n) is 3.86. The Morgan fingerprint density at radius 2 is 2.10 bits per heavy atom. The highest BCUT2D eigenvalue weighted by molar-refractivity contribution is 5.90. The molecule has 0 fully saturated rings. The van der Waals surface area contributed by atoms with Gasteiger partial charge in [-0.3, -0.25) is 9.36 Å². The molecule has 1 aromatic heterocycles. The van der Waals surface area contributed by atoms with Crippen molar-refractivity contribution in [2.24, 2.45) is 0 Å². The summed E-state index contributed by atoms with van der Waals surface area (Å²) in [7, 11) is 0. The van der Waals surface area contributed by atoms with Gasteiger partial charge in [0, 0.05) is 0 Å². The summed E-state index contributed by atoms with van der Waals surface area (Å²) >= 11 is 0. The van der Waals surface area contributed by atoms with Gasteiger partial charge in [-0.05, 0) is 19.8 Å². The maximum atomic E-state index is 12.3. The van der Waals surface area contributed by atoms with Gasteiger partial charge in [-0.1, -0.05) is 13.8 Å². The van der Waals surface area contributed by atoms with E-state index < -0.39 is 22.9 Å². The van der Waals surface area contributed by atoms with Gasteiger partial charge < -0.3 is 14.6 Å². The summed E-state index contributed by atoms with van der Waals surface area (Å²) in [6.07, 6.45) is 1.23. The van der Waals surface area contributed by atoms with Crippen LogP contribution in [0.2, 0.25) is 0 Å². The standard InChI is InChI=1S/C14H20N2O5/c1-4-14(5-2)13-15-9(12(19)20-6-3)10(17)11(18)16(13)7-8-21-14/h17H,4-8H2,1-3H3. The monoisotopic (exact) mass is 296 g/mol. The summed E-state index contributed by atoms with van der Waals surface area (Å²) in [5.74, 6) is -1.09. The van der Waals surface area contributed by atoms with Crippen LogP contribution in [0, 0.1) is 0 Å². The average Bonchev–Trinajstić information content (AvgIpc) is 2.50. The number of hydrogen-bond donors (Lipinski definition) is 1. The molecule has 1 aliphatic heterocycles. The van der Waals surface area contributed by atoms with Crippen molar-refractivity contribution in [1.82, 2.24) is 9.55 Å². The third-order valence-corrected chi connectivity index (χ3v) is 3.86. The lowest BCUT2D eigenvalue weighted by Crippen LogP contribution is -2.44. The quantitative estimate of drug-likeness (QED) is 0.839. The number of aromatic nitrogens is 2. The highest BCUT2D eigenvalue weighted by atomic mass is 16.5. The van der Waals surface area contributed by atoms with Crippen molar-refractivity contribution >= 4 is 5.97 Å². The van der Waals surface area contributed by atoms with E-state index in [0.717, 1.165) is 0 Å². The first-order chi connectivity index (χ1) is 10.0. The van der Waals surface area contributed by atoms with Crippen molar-refractivity contribution in [2.45, 2.75) is 45.8 Å². The number of nitrogens with zero attached hydrogens (tertiary/aromatic N) is 2. The van der Waals surface area contributed by atoms with Gasteiger partial charge >= 0.3 is 5.97 Å². The topological polar surface area (TPSA) is 90.7 Å². The van der Waals surface area contributed by atoms with Crippen LogP contribution < -0.4 is 5.56 Å². The molecule has 0 radical (unpaired) electrons. The second-order valence-corrected chi connectivity index (χ2v) is 4.86. The summed E-state index contributed by atoms with van der Waals surface area (Å²) in [5.41, 5.74) is -1.69. The Balaban J connectivity index is 2.67. The molecule has 1 N–H and O–H groups in total. The number of carbonyl (C=O) groups excluding carboxylic acids is 1. The molecule has 2 rings (SSSR count). The summed E-state index contributed by atoms with van der Waals surface area (Å²) in [6.45, 7) is 6.33. The van der Waals surface area contributed by atoms with Crippen LogP contribution in [0.3, 0.4) is 0 Å². The van der Waals surface area contributed by atoms with Crippen molar-refractivity contribution < 1.29 is 19.4 Å². The number of hydrogen-bond acceptors (Lipinski definition) is 6. The van der Waals surface area contributed by atoms with Crippen LogP contribution in [0.4, 0.5) is 0 Å². The number of carbonyl (C=O) groups is 1. The number of esters is 1. The number of rotatable bonds is 4. The molecule has 21 heavy (non-hydrogen) atoms. The SMILES string of the molecule is CCOC(=O)c1nc2n(c(=O)c1O)CCOC2(CC)CC. The first-order valence-corrected chi connectivity index (χ1v) is 7.16. The summed E-state index contributed by atoms with van der Waals surface area (Å²) < 4.78 is 12.0. The Morgan fingerprint density at radius 1 is 1.43 bits per heavy atom. The molecule has 0 aromatic carbocycles. The predicted octanol–water partition coefficient (Wildman–Crippen LogP) is 1.17. The second-order valence-electron chi connectivity index (χ2n) is 4.86. The Labute approximate surface area is 122 Å². The predicted molar refractivity (Wildman–Crippen MR) is 74.3 cm³/mol. The van der Waals surface area contributed by atoms with Gasteiger partial charge in [-0.25, -0.2) is 9.78 Å². The highest BCUT2D eigenvalue weighted by Crippen LogP contribution is 2.34. The lowest BCUT2D eigenvalue weighted by atomic mass is 9.94. The molecule has 0 aliphatic carbocycles. The Hall–Kier alpha value is -1.89. The molecule has 0 unspecified atom stereocenters. The minimum Gasteiger partial charge on any atom is -0.501 e. The first-order valence-electron chi connectivity index (χ1n) is 7.16. The van der Waals surface area contributed by atoms with Gasteiger partial charge in [0.1, 0.15) is 11.4 Å². The lowest BCUT2D eigenvalue weighted by Gasteiger charge is -2.37. The zero-order valence-corrected chi connectivity index (χ0v) is 12.5. The summed E-state index contributed by atoms with van der Waals surface area (Å²) in [6, 6.07) is 0. The normalized spacial score (nSPS) is 16.3. The van der Waals surface area contributed by atoms with Gasteiger partial charge in [-0.2, -0.15) is 0 Å². The highest BCUT2D eigenvalue weighted by Gasteiger charge is 2.39. The fourth-order valence-electron chi connectivity index (χ4n) is 2.61. The molecule has 1 aromatic rings. The van der Waals surface area contributed by atoms with Crippen LogP contribution >= 0.6 is 0 Å². The molecular weight excluding hydrogens is 276 g/mol. The van der Waals surface area contributed by atoms with E-state index in [2.05, 4.69) is 4.98 Å². The number of fused-ring (bicyclic) bond motifs is 1. The molecule has 2 heterocycles.